The largest absolute Gasteiger partial charge is 0.384 e. The number of thioether (sulfide) groups is 1. The molecule has 13 heteroatoms. The van der Waals surface area contributed by atoms with Gasteiger partial charge in [-0.2, -0.15) is 5.26 Å². The van der Waals surface area contributed by atoms with Crippen molar-refractivity contribution in [2.24, 2.45) is 11.1 Å². The number of rotatable bonds is 6. The molecule has 1 aliphatic heterocycles. The summed E-state index contributed by atoms with van der Waals surface area (Å²) in [6, 6.07) is 13.0. The fourth-order valence-corrected chi connectivity index (χ4v) is 7.14. The molecule has 1 unspecified atom stereocenters. The first-order valence-electron chi connectivity index (χ1n) is 12.4. The molecule has 0 spiro atoms. The average Bonchev–Trinajstić information content (AvgIpc) is 3.36. The monoisotopic (exact) mass is 628 g/mol. The highest BCUT2D eigenvalue weighted by molar-refractivity contribution is 8.01. The first-order chi connectivity index (χ1) is 19.5. The van der Waals surface area contributed by atoms with E-state index in [0.717, 1.165) is 11.8 Å². The van der Waals surface area contributed by atoms with Crippen LogP contribution in [0.3, 0.4) is 0 Å². The van der Waals surface area contributed by atoms with Crippen LogP contribution in [0.1, 0.15) is 38.2 Å². The standard InChI is InChI=1S/C28H23Cl2FN6O2S2/c1-28(2)10-20-24(21(38)11-28)23(15-5-3-4-6-18(15)31)16(12-32)25(33)37(20)26-35-36-27(41-26)40-13-22(39)34-19-8-7-14(29)9-17(19)30/h3-9,23H,10-11,13,33H2,1-2H3,(H,34,39). The van der Waals surface area contributed by atoms with Gasteiger partial charge in [0.2, 0.25) is 11.0 Å². The molecule has 2 aliphatic rings. The van der Waals surface area contributed by atoms with E-state index in [2.05, 4.69) is 21.6 Å². The summed E-state index contributed by atoms with van der Waals surface area (Å²) >= 11 is 14.4. The predicted molar refractivity (Wildman–Crippen MR) is 159 cm³/mol. The number of anilines is 2. The molecule has 0 radical (unpaired) electrons. The topological polar surface area (TPSA) is 125 Å². The number of benzene rings is 2. The summed E-state index contributed by atoms with van der Waals surface area (Å²) in [5.41, 5.74) is 7.80. The van der Waals surface area contributed by atoms with Gasteiger partial charge in [-0.15, -0.1) is 10.2 Å². The molecule has 210 valence electrons. The zero-order valence-corrected chi connectivity index (χ0v) is 25.0. The Morgan fingerprint density at radius 1 is 1.27 bits per heavy atom. The first kappa shape index (κ1) is 29.1. The molecule has 1 atom stereocenters. The van der Waals surface area contributed by atoms with E-state index in [9.17, 15) is 14.9 Å². The van der Waals surface area contributed by atoms with Gasteiger partial charge in [-0.25, -0.2) is 4.39 Å². The third kappa shape index (κ3) is 5.83. The van der Waals surface area contributed by atoms with Crippen LogP contribution in [0.25, 0.3) is 0 Å². The molecule has 3 N–H and O–H groups in total. The fraction of sp³-hybridized carbons (Fsp3) is 0.250. The van der Waals surface area contributed by atoms with Crippen molar-refractivity contribution in [1.29, 1.82) is 5.26 Å². The number of nitrogens with one attached hydrogen (secondary N) is 1. The molecule has 8 nitrogen and oxygen atoms in total. The third-order valence-electron chi connectivity index (χ3n) is 6.72. The van der Waals surface area contributed by atoms with E-state index in [4.69, 9.17) is 28.9 Å². The molecule has 0 saturated carbocycles. The van der Waals surface area contributed by atoms with E-state index >= 15 is 4.39 Å². The molecule has 2 heterocycles. The average molecular weight is 630 g/mol. The van der Waals surface area contributed by atoms with Crippen LogP contribution in [0.5, 0.6) is 0 Å². The van der Waals surface area contributed by atoms with Crippen LogP contribution in [0.15, 0.2) is 69.5 Å². The lowest BCUT2D eigenvalue weighted by atomic mass is 9.68. The van der Waals surface area contributed by atoms with E-state index in [0.29, 0.717) is 42.9 Å². The van der Waals surface area contributed by atoms with Crippen LogP contribution in [0.4, 0.5) is 15.2 Å². The lowest BCUT2D eigenvalue weighted by Crippen LogP contribution is -2.42. The fourth-order valence-electron chi connectivity index (χ4n) is 5.00. The Labute approximate surface area is 254 Å². The van der Waals surface area contributed by atoms with E-state index in [1.807, 2.05) is 13.8 Å². The number of hydrogen-bond acceptors (Lipinski definition) is 9. The first-order valence-corrected chi connectivity index (χ1v) is 15.0. The van der Waals surface area contributed by atoms with Crippen LogP contribution in [0.2, 0.25) is 10.0 Å². The Morgan fingerprint density at radius 3 is 2.73 bits per heavy atom. The molecule has 5 rings (SSSR count). The predicted octanol–water partition coefficient (Wildman–Crippen LogP) is 6.66. The van der Waals surface area contributed by atoms with Crippen molar-refractivity contribution in [1.82, 2.24) is 10.2 Å². The highest BCUT2D eigenvalue weighted by Crippen LogP contribution is 2.51. The van der Waals surface area contributed by atoms with Crippen LogP contribution in [0, 0.1) is 22.6 Å². The SMILES string of the molecule is CC1(C)CC(=O)C2=C(C1)N(c1nnc(SCC(=O)Nc3ccc(Cl)cc3Cl)s1)C(N)=C(C#N)C2c1ccccc1F. The number of nitrogens with two attached hydrogens (primary N) is 1. The number of allylic oxidation sites excluding steroid dienone is 3. The maximum Gasteiger partial charge on any atom is 0.234 e. The number of nitriles is 1. The lowest BCUT2D eigenvalue weighted by molar-refractivity contribution is -0.118. The summed E-state index contributed by atoms with van der Waals surface area (Å²) in [6.45, 7) is 3.94. The van der Waals surface area contributed by atoms with Crippen LogP contribution in [-0.2, 0) is 9.59 Å². The second kappa shape index (κ2) is 11.4. The van der Waals surface area contributed by atoms with Crippen molar-refractivity contribution in [2.45, 2.75) is 36.9 Å². The summed E-state index contributed by atoms with van der Waals surface area (Å²) in [7, 11) is 0. The molecule has 0 bridgehead atoms. The number of Topliss-reactive ketones (excluding diaryl/α,β-unsaturated/α-hetero) is 1. The van der Waals surface area contributed by atoms with Crippen molar-refractivity contribution < 1.29 is 14.0 Å². The Balaban J connectivity index is 1.46. The van der Waals surface area contributed by atoms with E-state index in [-0.39, 0.29) is 40.8 Å². The third-order valence-corrected chi connectivity index (χ3v) is 9.31. The van der Waals surface area contributed by atoms with Crippen molar-refractivity contribution in [3.05, 3.63) is 86.6 Å². The molecule has 1 aliphatic carbocycles. The van der Waals surface area contributed by atoms with Crippen LogP contribution < -0.4 is 16.0 Å². The minimum atomic E-state index is -0.929. The molecular weight excluding hydrogens is 606 g/mol. The van der Waals surface area contributed by atoms with Crippen LogP contribution in [-0.4, -0.2) is 27.6 Å². The summed E-state index contributed by atoms with van der Waals surface area (Å²) in [6.07, 6.45) is 0.692. The van der Waals surface area contributed by atoms with Gasteiger partial charge in [-0.1, -0.05) is 78.3 Å². The van der Waals surface area contributed by atoms with Crippen molar-refractivity contribution in [3.8, 4) is 6.07 Å². The normalized spacial score (nSPS) is 18.3. The van der Waals surface area contributed by atoms with Crippen molar-refractivity contribution in [2.75, 3.05) is 16.0 Å². The molecule has 3 aromatic rings. The van der Waals surface area contributed by atoms with Crippen molar-refractivity contribution >= 4 is 68.8 Å². The Kier molecular flexibility index (Phi) is 8.12. The minimum Gasteiger partial charge on any atom is -0.384 e. The lowest BCUT2D eigenvalue weighted by Gasteiger charge is -2.42. The Bertz CT molecular complexity index is 1680. The van der Waals surface area contributed by atoms with Gasteiger partial charge in [-0.05, 0) is 36.1 Å². The van der Waals surface area contributed by atoms with Gasteiger partial charge in [0.1, 0.15) is 11.6 Å². The molecule has 0 saturated heterocycles. The van der Waals surface area contributed by atoms with Gasteiger partial charge in [0.15, 0.2) is 10.1 Å². The maximum absolute atomic E-state index is 15.0. The summed E-state index contributed by atoms with van der Waals surface area (Å²) in [4.78, 5) is 27.7. The quantitative estimate of drug-likeness (QED) is 0.290. The molecule has 2 aromatic carbocycles. The van der Waals surface area contributed by atoms with Crippen molar-refractivity contribution in [3.63, 3.8) is 0 Å². The van der Waals surface area contributed by atoms with Gasteiger partial charge in [0.25, 0.3) is 0 Å². The summed E-state index contributed by atoms with van der Waals surface area (Å²) < 4.78 is 15.5. The molecule has 1 amide bonds. The molecule has 1 aromatic heterocycles. The van der Waals surface area contributed by atoms with E-state index in [1.165, 1.54) is 23.5 Å². The van der Waals surface area contributed by atoms with Crippen LogP contribution >= 0.6 is 46.3 Å². The zero-order valence-electron chi connectivity index (χ0n) is 21.9. The highest BCUT2D eigenvalue weighted by Gasteiger charge is 2.46. The molecule has 0 fully saturated rings. The molecular formula is C28H23Cl2FN6O2S2. The number of hydrogen-bond donors (Lipinski definition) is 2. The second-order valence-electron chi connectivity index (χ2n) is 10.3. The van der Waals surface area contributed by atoms with E-state index < -0.39 is 17.2 Å². The number of nitrogens with zero attached hydrogens (tertiary/aromatic N) is 4. The highest BCUT2D eigenvalue weighted by atomic mass is 35.5. The van der Waals surface area contributed by atoms with Gasteiger partial charge in [-0.3, -0.25) is 14.5 Å². The maximum atomic E-state index is 15.0. The minimum absolute atomic E-state index is 0.0250. The second-order valence-corrected chi connectivity index (χ2v) is 13.3. The number of carbonyl (C=O) groups is 2. The molecule has 41 heavy (non-hydrogen) atoms. The van der Waals surface area contributed by atoms with E-state index in [1.54, 1.807) is 35.2 Å². The Hall–Kier alpha value is -3.43. The van der Waals surface area contributed by atoms with Gasteiger partial charge in [0.05, 0.1) is 34.0 Å². The number of aromatic nitrogens is 2. The van der Waals surface area contributed by atoms with Gasteiger partial charge >= 0.3 is 0 Å². The number of ketones is 1. The number of amides is 1. The summed E-state index contributed by atoms with van der Waals surface area (Å²) in [5, 5.41) is 22.5. The summed E-state index contributed by atoms with van der Waals surface area (Å²) in [5.74, 6) is -1.85. The van der Waals surface area contributed by atoms with Gasteiger partial charge in [0, 0.05) is 28.3 Å². The van der Waals surface area contributed by atoms with Gasteiger partial charge < -0.3 is 11.1 Å². The number of carbonyl (C=O) groups excluding carboxylic acids is 2. The smallest absolute Gasteiger partial charge is 0.234 e. The zero-order chi connectivity index (χ0) is 29.5. The Morgan fingerprint density at radius 2 is 2.02 bits per heavy atom. The number of halogens is 3.